The van der Waals surface area contributed by atoms with Crippen LogP contribution >= 0.6 is 0 Å². The molecule has 0 aromatic heterocycles. The SMILES string of the molecule is CC(C)CNC(=O)[C@H]1OCC(=O)N(C)[C@H]1c1ccccc1. The Morgan fingerprint density at radius 3 is 2.67 bits per heavy atom. The van der Waals surface area contributed by atoms with Crippen molar-refractivity contribution in [3.8, 4) is 0 Å². The van der Waals surface area contributed by atoms with Crippen LogP contribution in [0.3, 0.4) is 0 Å². The highest BCUT2D eigenvalue weighted by Crippen LogP contribution is 2.28. The third kappa shape index (κ3) is 3.61. The van der Waals surface area contributed by atoms with Crippen LogP contribution in [0.1, 0.15) is 25.5 Å². The number of carbonyl (C=O) groups excluding carboxylic acids is 2. The number of hydrogen-bond acceptors (Lipinski definition) is 3. The van der Waals surface area contributed by atoms with Crippen LogP contribution in [0.5, 0.6) is 0 Å². The van der Waals surface area contributed by atoms with E-state index in [-0.39, 0.29) is 24.5 Å². The Balaban J connectivity index is 2.21. The van der Waals surface area contributed by atoms with Crippen LogP contribution in [0.25, 0.3) is 0 Å². The van der Waals surface area contributed by atoms with Gasteiger partial charge in [0, 0.05) is 13.6 Å². The lowest BCUT2D eigenvalue weighted by atomic mass is 9.97. The first-order valence-corrected chi connectivity index (χ1v) is 7.20. The molecule has 0 radical (unpaired) electrons. The molecule has 0 saturated carbocycles. The number of carbonyl (C=O) groups is 2. The fourth-order valence-electron chi connectivity index (χ4n) is 2.39. The summed E-state index contributed by atoms with van der Waals surface area (Å²) in [5, 5.41) is 2.89. The molecule has 0 unspecified atom stereocenters. The van der Waals surface area contributed by atoms with Gasteiger partial charge in [-0.15, -0.1) is 0 Å². The molecule has 5 nitrogen and oxygen atoms in total. The molecule has 0 aliphatic carbocycles. The summed E-state index contributed by atoms with van der Waals surface area (Å²) in [5.41, 5.74) is 0.901. The molecule has 1 aromatic carbocycles. The van der Waals surface area contributed by atoms with Gasteiger partial charge in [-0.3, -0.25) is 9.59 Å². The molecule has 1 aliphatic heterocycles. The van der Waals surface area contributed by atoms with Crippen molar-refractivity contribution < 1.29 is 14.3 Å². The number of hydrogen-bond donors (Lipinski definition) is 1. The van der Waals surface area contributed by atoms with Crippen molar-refractivity contribution in [1.29, 1.82) is 0 Å². The number of benzene rings is 1. The number of amides is 2. The Labute approximate surface area is 125 Å². The molecular formula is C16H22N2O3. The Hall–Kier alpha value is -1.88. The third-order valence-corrected chi connectivity index (χ3v) is 3.57. The number of morpholine rings is 1. The Morgan fingerprint density at radius 2 is 2.05 bits per heavy atom. The van der Waals surface area contributed by atoms with Crippen molar-refractivity contribution in [1.82, 2.24) is 10.2 Å². The minimum Gasteiger partial charge on any atom is -0.356 e. The second kappa shape index (κ2) is 6.72. The molecule has 0 bridgehead atoms. The van der Waals surface area contributed by atoms with Crippen molar-refractivity contribution >= 4 is 11.8 Å². The van der Waals surface area contributed by atoms with Gasteiger partial charge in [0.15, 0.2) is 6.10 Å². The fourth-order valence-corrected chi connectivity index (χ4v) is 2.39. The molecule has 1 fully saturated rings. The summed E-state index contributed by atoms with van der Waals surface area (Å²) in [6, 6.07) is 9.12. The third-order valence-electron chi connectivity index (χ3n) is 3.57. The van der Waals surface area contributed by atoms with E-state index >= 15 is 0 Å². The quantitative estimate of drug-likeness (QED) is 0.911. The number of rotatable bonds is 4. The largest absolute Gasteiger partial charge is 0.356 e. The zero-order valence-corrected chi connectivity index (χ0v) is 12.7. The summed E-state index contributed by atoms with van der Waals surface area (Å²) in [4.78, 5) is 25.8. The van der Waals surface area contributed by atoms with Crippen LogP contribution in [0.2, 0.25) is 0 Å². The average molecular weight is 290 g/mol. The molecule has 114 valence electrons. The minimum absolute atomic E-state index is 0.0560. The summed E-state index contributed by atoms with van der Waals surface area (Å²) in [6.45, 7) is 4.61. The Kier molecular flexibility index (Phi) is 4.96. The number of nitrogens with one attached hydrogen (secondary N) is 1. The highest BCUT2D eigenvalue weighted by Gasteiger charge is 2.39. The molecule has 2 atom stereocenters. The maximum atomic E-state index is 12.4. The van der Waals surface area contributed by atoms with E-state index in [0.29, 0.717) is 12.5 Å². The first kappa shape index (κ1) is 15.5. The predicted molar refractivity (Wildman–Crippen MR) is 79.5 cm³/mol. The lowest BCUT2D eigenvalue weighted by Crippen LogP contribution is -2.53. The number of nitrogens with zero attached hydrogens (tertiary/aromatic N) is 1. The molecule has 1 N–H and O–H groups in total. The van der Waals surface area contributed by atoms with Crippen molar-refractivity contribution in [3.63, 3.8) is 0 Å². The number of ether oxygens (including phenoxy) is 1. The maximum absolute atomic E-state index is 12.4. The van der Waals surface area contributed by atoms with E-state index < -0.39 is 6.10 Å². The standard InChI is InChI=1S/C16H22N2O3/c1-11(2)9-17-16(20)15-14(12-7-5-4-6-8-12)18(3)13(19)10-21-15/h4-8,11,14-15H,9-10H2,1-3H3,(H,17,20)/t14-,15-/m0/s1. The van der Waals surface area contributed by atoms with E-state index in [1.165, 1.54) is 0 Å². The molecule has 5 heteroatoms. The van der Waals surface area contributed by atoms with E-state index in [4.69, 9.17) is 4.74 Å². The number of likely N-dealkylation sites (N-methyl/N-ethyl adjacent to an activating group) is 1. The summed E-state index contributed by atoms with van der Waals surface area (Å²) in [7, 11) is 1.71. The van der Waals surface area contributed by atoms with Gasteiger partial charge in [0.1, 0.15) is 6.61 Å². The van der Waals surface area contributed by atoms with Gasteiger partial charge in [-0.25, -0.2) is 0 Å². The Morgan fingerprint density at radius 1 is 1.38 bits per heavy atom. The molecular weight excluding hydrogens is 268 g/mol. The molecule has 1 aromatic rings. The smallest absolute Gasteiger partial charge is 0.251 e. The second-order valence-corrected chi connectivity index (χ2v) is 5.73. The summed E-state index contributed by atoms with van der Waals surface area (Å²) < 4.78 is 5.52. The van der Waals surface area contributed by atoms with Crippen LogP contribution in [-0.4, -0.2) is 43.0 Å². The highest BCUT2D eigenvalue weighted by molar-refractivity contribution is 5.86. The predicted octanol–water partition coefficient (Wildman–Crippen LogP) is 1.36. The summed E-state index contributed by atoms with van der Waals surface area (Å²) in [5.74, 6) is 0.0840. The summed E-state index contributed by atoms with van der Waals surface area (Å²) in [6.07, 6.45) is -0.672. The first-order chi connectivity index (χ1) is 10.0. The van der Waals surface area contributed by atoms with Crippen LogP contribution in [0, 0.1) is 5.92 Å². The Bertz CT molecular complexity index is 502. The van der Waals surface area contributed by atoms with Crippen LogP contribution in [0.15, 0.2) is 30.3 Å². The second-order valence-electron chi connectivity index (χ2n) is 5.73. The van der Waals surface area contributed by atoms with Crippen LogP contribution in [-0.2, 0) is 14.3 Å². The van der Waals surface area contributed by atoms with Crippen molar-refractivity contribution in [2.45, 2.75) is 26.0 Å². The highest BCUT2D eigenvalue weighted by atomic mass is 16.5. The van der Waals surface area contributed by atoms with Crippen molar-refractivity contribution in [2.24, 2.45) is 5.92 Å². The van der Waals surface area contributed by atoms with Crippen LogP contribution < -0.4 is 5.32 Å². The molecule has 1 saturated heterocycles. The lowest BCUT2D eigenvalue weighted by molar-refractivity contribution is -0.162. The van der Waals surface area contributed by atoms with Gasteiger partial charge in [0.25, 0.3) is 5.91 Å². The van der Waals surface area contributed by atoms with E-state index in [9.17, 15) is 9.59 Å². The molecule has 2 rings (SSSR count). The molecule has 21 heavy (non-hydrogen) atoms. The monoisotopic (exact) mass is 290 g/mol. The maximum Gasteiger partial charge on any atom is 0.251 e. The lowest BCUT2D eigenvalue weighted by Gasteiger charge is -2.38. The van der Waals surface area contributed by atoms with E-state index in [0.717, 1.165) is 5.56 Å². The van der Waals surface area contributed by atoms with Gasteiger partial charge in [-0.05, 0) is 11.5 Å². The molecule has 2 amide bonds. The van der Waals surface area contributed by atoms with Crippen molar-refractivity contribution in [3.05, 3.63) is 35.9 Å². The van der Waals surface area contributed by atoms with Gasteiger partial charge in [0.2, 0.25) is 5.91 Å². The first-order valence-electron chi connectivity index (χ1n) is 7.20. The average Bonchev–Trinajstić information content (AvgIpc) is 2.48. The molecule has 1 aliphatic rings. The van der Waals surface area contributed by atoms with Gasteiger partial charge < -0.3 is 15.0 Å². The molecule has 1 heterocycles. The molecule has 0 spiro atoms. The topological polar surface area (TPSA) is 58.6 Å². The van der Waals surface area contributed by atoms with Gasteiger partial charge in [0.05, 0.1) is 6.04 Å². The van der Waals surface area contributed by atoms with E-state index in [2.05, 4.69) is 5.32 Å². The van der Waals surface area contributed by atoms with Gasteiger partial charge in [-0.2, -0.15) is 0 Å². The van der Waals surface area contributed by atoms with E-state index in [1.807, 2.05) is 44.2 Å². The van der Waals surface area contributed by atoms with Crippen LogP contribution in [0.4, 0.5) is 0 Å². The normalized spacial score (nSPS) is 22.5. The zero-order chi connectivity index (χ0) is 15.4. The van der Waals surface area contributed by atoms with Gasteiger partial charge in [-0.1, -0.05) is 44.2 Å². The minimum atomic E-state index is -0.672. The van der Waals surface area contributed by atoms with E-state index in [1.54, 1.807) is 11.9 Å². The summed E-state index contributed by atoms with van der Waals surface area (Å²) >= 11 is 0. The zero-order valence-electron chi connectivity index (χ0n) is 12.7. The van der Waals surface area contributed by atoms with Gasteiger partial charge >= 0.3 is 0 Å². The fraction of sp³-hybridized carbons (Fsp3) is 0.500. The van der Waals surface area contributed by atoms with Crippen molar-refractivity contribution in [2.75, 3.05) is 20.2 Å².